The van der Waals surface area contributed by atoms with Crippen molar-refractivity contribution in [2.75, 3.05) is 66.0 Å². The minimum absolute atomic E-state index is 0.0487. The van der Waals surface area contributed by atoms with Crippen molar-refractivity contribution in [1.82, 2.24) is 56.5 Å². The van der Waals surface area contributed by atoms with E-state index in [0.29, 0.717) is 21.8 Å². The summed E-state index contributed by atoms with van der Waals surface area (Å²) >= 11 is 1.02. The van der Waals surface area contributed by atoms with Crippen LogP contribution in [0.5, 0.6) is 5.75 Å². The third kappa shape index (κ3) is 23.1. The van der Waals surface area contributed by atoms with E-state index in [4.69, 9.17) is 18.9 Å². The number of anilines is 1. The topological polar surface area (TPSA) is 423 Å². The number of carboxylic acids is 1. The van der Waals surface area contributed by atoms with Crippen molar-refractivity contribution in [2.24, 2.45) is 29.6 Å². The number of benzene rings is 1. The molecular formula is C69H98N12O20S. The third-order valence-electron chi connectivity index (χ3n) is 17.8. The molecule has 0 saturated heterocycles. The molecule has 6 unspecified atom stereocenters. The van der Waals surface area contributed by atoms with Gasteiger partial charge in [0.25, 0.3) is 29.5 Å². The van der Waals surface area contributed by atoms with Gasteiger partial charge in [0, 0.05) is 81.7 Å². The van der Waals surface area contributed by atoms with Gasteiger partial charge in [-0.2, -0.15) is 0 Å². The maximum atomic E-state index is 14.5. The number of rotatable bonds is 22. The zero-order valence-electron chi connectivity index (χ0n) is 60.5. The van der Waals surface area contributed by atoms with Gasteiger partial charge in [-0.05, 0) is 89.1 Å². The molecule has 12 amide bonds. The van der Waals surface area contributed by atoms with E-state index < -0.39 is 155 Å². The maximum Gasteiger partial charge on any atom is 0.313 e. The molecule has 102 heavy (non-hydrogen) atoms. The monoisotopic (exact) mass is 1450 g/mol. The standard InChI is InChI=1S/C69H98N12O20S/c1-16-39(7)57(77-68(97)69(11,12)78(13)14)66(94)79(15)47(36(2)3)32-49(100-42(10)82)65-75-46(35-102-65)61(90)73-44(29-40(8)67(95)96)30-43-17-18-48-45(31-43)74-60(89)41(9)72-62(91)56(37(4)5)76-50(83)23-26-98-28-25-70-63(92)58(80-51(84)19-20-52(80)85)59(81-53(86)21-22-54(81)87)64(93)71-33-38(6)34-99-27-24-55(88)101-48/h17-22,31,35-41,44,47,49,56-59H,16,23-30,32-34H2,1-15H3,(H,70,92)(H,71,93)(H,72,91)(H,73,90)(H,74,89)(H,76,83)(H,77,97)(H,95,96)/t38?,39-,40?,41?,44+,47+,49+,56?,57-,58?,59?/m0/s1. The molecule has 8 N–H and O–H groups in total. The lowest BCUT2D eigenvalue weighted by atomic mass is 9.92. The molecule has 0 aliphatic carbocycles. The Balaban J connectivity index is 1.42. The van der Waals surface area contributed by atoms with Crippen LogP contribution in [0.1, 0.15) is 142 Å². The van der Waals surface area contributed by atoms with E-state index in [-0.39, 0.29) is 111 Å². The van der Waals surface area contributed by atoms with Gasteiger partial charge in [0.15, 0.2) is 11.9 Å². The average molecular weight is 1450 g/mol. The number of esters is 2. The SMILES string of the molecule is CC[C@H](C)[C@H](NC(=O)C(C)(C)N(C)C)C(=O)N(C)[C@H](C[C@@H](OC(C)=O)c1nc(C(=O)N[C@@H](Cc2ccc3c(c2)NC(=O)C(C)NC(=O)C(C(C)C)NC(=O)CCOCCNC(=O)C(N2C(=O)C=CC2=O)C(N2C(=O)C=CC2=O)C(=O)NCC(C)COCCC(=O)O3)CC(C)C(=O)O)cs1)C(C)C. The third-order valence-corrected chi connectivity index (χ3v) is 18.8. The summed E-state index contributed by atoms with van der Waals surface area (Å²) in [4.78, 5) is 212. The number of thiazole rings is 1. The second-order valence-electron chi connectivity index (χ2n) is 27.1. The van der Waals surface area contributed by atoms with E-state index in [0.717, 1.165) is 35.6 Å². The van der Waals surface area contributed by atoms with Gasteiger partial charge in [-0.25, -0.2) is 4.98 Å². The number of ether oxygens (including phenoxy) is 4. The van der Waals surface area contributed by atoms with Crippen molar-refractivity contribution in [2.45, 2.75) is 176 Å². The molecule has 33 heteroatoms. The van der Waals surface area contributed by atoms with Crippen LogP contribution >= 0.6 is 11.3 Å². The van der Waals surface area contributed by atoms with Crippen LogP contribution in [-0.2, 0) is 87.8 Å². The van der Waals surface area contributed by atoms with Crippen LogP contribution < -0.4 is 42.0 Å². The fourth-order valence-corrected chi connectivity index (χ4v) is 11.9. The molecule has 0 spiro atoms. The van der Waals surface area contributed by atoms with Crippen LogP contribution in [0.15, 0.2) is 47.9 Å². The number of aliphatic carboxylic acids is 1. The minimum atomic E-state index is -2.08. The van der Waals surface area contributed by atoms with Crippen LogP contribution in [0.3, 0.4) is 0 Å². The number of carboxylic acid groups (broad SMARTS) is 1. The van der Waals surface area contributed by atoms with Crippen molar-refractivity contribution in [3.05, 3.63) is 64.1 Å². The molecule has 3 aliphatic heterocycles. The average Bonchev–Trinajstić information content (AvgIpc) is 1.57. The van der Waals surface area contributed by atoms with Gasteiger partial charge in [-0.1, -0.05) is 67.9 Å². The molecule has 1 aromatic carbocycles. The Morgan fingerprint density at radius 2 is 1.37 bits per heavy atom. The Morgan fingerprint density at radius 1 is 0.775 bits per heavy atom. The lowest BCUT2D eigenvalue weighted by Gasteiger charge is -2.38. The molecule has 11 atom stereocenters. The molecular weight excluding hydrogens is 1350 g/mol. The lowest BCUT2D eigenvalue weighted by Crippen LogP contribution is -2.66. The highest BCUT2D eigenvalue weighted by molar-refractivity contribution is 7.09. The highest BCUT2D eigenvalue weighted by Gasteiger charge is 2.51. The van der Waals surface area contributed by atoms with E-state index in [1.165, 1.54) is 44.4 Å². The molecule has 32 nitrogen and oxygen atoms in total. The zero-order chi connectivity index (χ0) is 76.2. The molecule has 0 bridgehead atoms. The van der Waals surface area contributed by atoms with Crippen molar-refractivity contribution in [3.8, 4) is 5.75 Å². The van der Waals surface area contributed by atoms with Gasteiger partial charge < -0.3 is 66.2 Å². The van der Waals surface area contributed by atoms with Crippen LogP contribution in [0.25, 0.3) is 0 Å². The fourth-order valence-electron chi connectivity index (χ4n) is 11.0. The Bertz CT molecular complexity index is 3480. The number of nitrogens with one attached hydrogen (secondary N) is 7. The number of carbonyl (C=O) groups excluding carboxylic acids is 14. The summed E-state index contributed by atoms with van der Waals surface area (Å²) in [5.41, 5.74) is -0.784. The Labute approximate surface area is 596 Å². The number of carbonyl (C=O) groups is 15. The quantitative estimate of drug-likeness (QED) is 0.0472. The molecule has 1 aromatic heterocycles. The summed E-state index contributed by atoms with van der Waals surface area (Å²) in [5, 5.41) is 30.6. The Morgan fingerprint density at radius 3 is 1.93 bits per heavy atom. The van der Waals surface area contributed by atoms with Gasteiger partial charge in [0.1, 0.15) is 40.9 Å². The first-order chi connectivity index (χ1) is 47.9. The van der Waals surface area contributed by atoms with Gasteiger partial charge in [-0.15, -0.1) is 11.3 Å². The van der Waals surface area contributed by atoms with Crippen LogP contribution in [0, 0.1) is 29.6 Å². The van der Waals surface area contributed by atoms with Gasteiger partial charge in [-0.3, -0.25) is 86.6 Å². The summed E-state index contributed by atoms with van der Waals surface area (Å²) in [5.74, 6) is -15.5. The largest absolute Gasteiger partial charge is 0.481 e. The van der Waals surface area contributed by atoms with Gasteiger partial charge >= 0.3 is 17.9 Å². The van der Waals surface area contributed by atoms with Gasteiger partial charge in [0.05, 0.1) is 50.0 Å². The van der Waals surface area contributed by atoms with Crippen LogP contribution in [0.2, 0.25) is 0 Å². The second kappa shape index (κ2) is 38.1. The lowest BCUT2D eigenvalue weighted by molar-refractivity contribution is -0.156. The van der Waals surface area contributed by atoms with Crippen molar-refractivity contribution >= 4 is 106 Å². The number of hydrogen-bond acceptors (Lipinski definition) is 22. The number of imide groups is 2. The number of fused-ring (bicyclic) bond motifs is 1. The number of aromatic nitrogens is 1. The predicted molar refractivity (Wildman–Crippen MR) is 369 cm³/mol. The van der Waals surface area contributed by atoms with E-state index >= 15 is 0 Å². The van der Waals surface area contributed by atoms with E-state index in [1.54, 1.807) is 65.6 Å². The minimum Gasteiger partial charge on any atom is -0.481 e. The highest BCUT2D eigenvalue weighted by Crippen LogP contribution is 2.33. The van der Waals surface area contributed by atoms with E-state index in [1.807, 2.05) is 27.7 Å². The second-order valence-corrected chi connectivity index (χ2v) is 28.0. The summed E-state index contributed by atoms with van der Waals surface area (Å²) < 4.78 is 23.0. The highest BCUT2D eigenvalue weighted by atomic mass is 32.1. The fraction of sp³-hybridized carbons (Fsp3) is 0.594. The molecule has 5 rings (SSSR count). The summed E-state index contributed by atoms with van der Waals surface area (Å²) in [6.45, 7) is 18.6. The smallest absolute Gasteiger partial charge is 0.313 e. The molecule has 4 heterocycles. The number of hydrogen-bond donors (Lipinski definition) is 8. The summed E-state index contributed by atoms with van der Waals surface area (Å²) in [6.07, 6.45) is 2.04. The molecule has 0 saturated carbocycles. The number of likely N-dealkylation sites (N-methyl/N-ethyl adjacent to an activating group) is 2. The Kier molecular flexibility index (Phi) is 31.1. The molecule has 560 valence electrons. The number of nitrogens with zero attached hydrogens (tertiary/aromatic N) is 5. The maximum absolute atomic E-state index is 14.5. The normalized spacial score (nSPS) is 21.8. The first kappa shape index (κ1) is 83.3. The first-order valence-corrected chi connectivity index (χ1v) is 34.7. The van der Waals surface area contributed by atoms with Crippen LogP contribution in [-0.4, -0.2) is 227 Å². The predicted octanol–water partition coefficient (Wildman–Crippen LogP) is 1.72. The van der Waals surface area contributed by atoms with Crippen molar-refractivity contribution in [1.29, 1.82) is 0 Å². The number of amides is 12. The van der Waals surface area contributed by atoms with Crippen molar-refractivity contribution in [3.63, 3.8) is 0 Å². The van der Waals surface area contributed by atoms with E-state index in [2.05, 4.69) is 42.2 Å². The van der Waals surface area contributed by atoms with Gasteiger partial charge in [0.2, 0.25) is 41.4 Å². The summed E-state index contributed by atoms with van der Waals surface area (Å²) in [7, 11) is 5.15. The molecule has 0 radical (unpaired) electrons. The van der Waals surface area contributed by atoms with Crippen LogP contribution in [0.4, 0.5) is 5.69 Å². The molecule has 2 aromatic rings. The van der Waals surface area contributed by atoms with E-state index in [9.17, 15) is 77.0 Å². The molecule has 0 fully saturated rings. The first-order valence-electron chi connectivity index (χ1n) is 33.8. The zero-order valence-corrected chi connectivity index (χ0v) is 61.3. The summed E-state index contributed by atoms with van der Waals surface area (Å²) in [6, 6.07) is -4.82. The molecule has 3 aliphatic rings. The van der Waals surface area contributed by atoms with Crippen molar-refractivity contribution < 1.29 is 96.0 Å². The Hall–Kier alpha value is -9.34.